The predicted molar refractivity (Wildman–Crippen MR) is 73.7 cm³/mol. The maximum atomic E-state index is 11.9. The van der Waals surface area contributed by atoms with Gasteiger partial charge in [-0.2, -0.15) is 5.10 Å². The van der Waals surface area contributed by atoms with E-state index in [1.807, 2.05) is 0 Å². The van der Waals surface area contributed by atoms with Gasteiger partial charge in [0, 0.05) is 20.4 Å². The minimum absolute atomic E-state index is 0.190. The van der Waals surface area contributed by atoms with Gasteiger partial charge in [-0.15, -0.1) is 0 Å². The number of nitrogens with zero attached hydrogens (tertiary/aromatic N) is 3. The van der Waals surface area contributed by atoms with Crippen molar-refractivity contribution < 1.29 is 9.53 Å². The Hall–Kier alpha value is -1.93. The number of rotatable bonds is 6. The third kappa shape index (κ3) is 3.52. The summed E-state index contributed by atoms with van der Waals surface area (Å²) in [6, 6.07) is 0. The average Bonchev–Trinajstić information content (AvgIpc) is 3.05. The molecular formula is C11H15N5O2S. The van der Waals surface area contributed by atoms with Gasteiger partial charge in [0.2, 0.25) is 0 Å². The number of anilines is 2. The molecule has 7 nitrogen and oxygen atoms in total. The first-order valence-electron chi connectivity index (χ1n) is 5.69. The standard InChI is InChI=1S/C11H15N5O2S/c1-12-11-13-6-9(19-11)10(17)15-8-5-14-16(7-8)3-4-18-2/h5-7H,3-4H2,1-2H3,(H,12,13)(H,15,17). The van der Waals surface area contributed by atoms with Crippen molar-refractivity contribution in [2.75, 3.05) is 31.4 Å². The van der Waals surface area contributed by atoms with E-state index in [9.17, 15) is 4.79 Å². The van der Waals surface area contributed by atoms with Gasteiger partial charge in [0.25, 0.3) is 5.91 Å². The second-order valence-corrected chi connectivity index (χ2v) is 4.75. The van der Waals surface area contributed by atoms with Gasteiger partial charge in [0.15, 0.2) is 5.13 Å². The van der Waals surface area contributed by atoms with Crippen molar-refractivity contribution in [1.29, 1.82) is 0 Å². The summed E-state index contributed by atoms with van der Waals surface area (Å²) in [5.74, 6) is -0.190. The topological polar surface area (TPSA) is 81.1 Å². The summed E-state index contributed by atoms with van der Waals surface area (Å²) in [7, 11) is 3.40. The Morgan fingerprint density at radius 3 is 3.05 bits per heavy atom. The molecule has 0 atom stereocenters. The summed E-state index contributed by atoms with van der Waals surface area (Å²) in [4.78, 5) is 16.5. The summed E-state index contributed by atoms with van der Waals surface area (Å²) in [5.41, 5.74) is 0.653. The molecule has 8 heteroatoms. The maximum absolute atomic E-state index is 11.9. The zero-order valence-electron chi connectivity index (χ0n) is 10.7. The highest BCUT2D eigenvalue weighted by Crippen LogP contribution is 2.18. The maximum Gasteiger partial charge on any atom is 0.267 e. The van der Waals surface area contributed by atoms with Gasteiger partial charge in [0.05, 0.1) is 31.2 Å². The molecule has 0 unspecified atom stereocenters. The van der Waals surface area contributed by atoms with Gasteiger partial charge in [-0.05, 0) is 0 Å². The first-order chi connectivity index (χ1) is 9.22. The molecule has 2 heterocycles. The molecule has 1 amide bonds. The number of hydrogen-bond donors (Lipinski definition) is 2. The van der Waals surface area contributed by atoms with E-state index in [4.69, 9.17) is 4.74 Å². The van der Waals surface area contributed by atoms with E-state index in [-0.39, 0.29) is 5.91 Å². The second kappa shape index (κ2) is 6.30. The fourth-order valence-electron chi connectivity index (χ4n) is 1.42. The van der Waals surface area contributed by atoms with Crippen molar-refractivity contribution >= 4 is 28.1 Å². The highest BCUT2D eigenvalue weighted by Gasteiger charge is 2.11. The molecule has 0 saturated heterocycles. The van der Waals surface area contributed by atoms with Crippen molar-refractivity contribution in [3.8, 4) is 0 Å². The average molecular weight is 281 g/mol. The normalized spacial score (nSPS) is 10.4. The molecule has 102 valence electrons. The van der Waals surface area contributed by atoms with Gasteiger partial charge in [-0.25, -0.2) is 4.98 Å². The summed E-state index contributed by atoms with van der Waals surface area (Å²) in [5, 5.41) is 10.5. The Labute approximate surface area is 114 Å². The molecular weight excluding hydrogens is 266 g/mol. The van der Waals surface area contributed by atoms with E-state index < -0.39 is 0 Å². The molecule has 0 aromatic carbocycles. The first kappa shape index (κ1) is 13.5. The fraction of sp³-hybridized carbons (Fsp3) is 0.364. The first-order valence-corrected chi connectivity index (χ1v) is 6.51. The predicted octanol–water partition coefficient (Wildman–Crippen LogP) is 1.28. The molecule has 2 aromatic heterocycles. The third-order valence-electron chi connectivity index (χ3n) is 2.36. The van der Waals surface area contributed by atoms with Crippen LogP contribution in [0.1, 0.15) is 9.67 Å². The third-order valence-corrected chi connectivity index (χ3v) is 3.37. The number of aromatic nitrogens is 3. The van der Waals surface area contributed by atoms with Gasteiger partial charge < -0.3 is 15.4 Å². The number of methoxy groups -OCH3 is 1. The van der Waals surface area contributed by atoms with E-state index >= 15 is 0 Å². The number of thiazole rings is 1. The number of carbonyl (C=O) groups is 1. The molecule has 2 aromatic rings. The van der Waals surface area contributed by atoms with Gasteiger partial charge in [0.1, 0.15) is 4.88 Å². The van der Waals surface area contributed by atoms with Crippen LogP contribution in [0.3, 0.4) is 0 Å². The molecule has 2 rings (SSSR count). The fourth-order valence-corrected chi connectivity index (χ4v) is 2.09. The zero-order valence-corrected chi connectivity index (χ0v) is 11.5. The monoisotopic (exact) mass is 281 g/mol. The second-order valence-electron chi connectivity index (χ2n) is 3.72. The Morgan fingerprint density at radius 1 is 1.53 bits per heavy atom. The SMILES string of the molecule is CNc1ncc(C(=O)Nc2cnn(CCOC)c2)s1. The van der Waals surface area contributed by atoms with Gasteiger partial charge >= 0.3 is 0 Å². The molecule has 0 aliphatic rings. The van der Waals surface area contributed by atoms with Crippen LogP contribution >= 0.6 is 11.3 Å². The largest absolute Gasteiger partial charge is 0.383 e. The van der Waals surface area contributed by atoms with Crippen LogP contribution in [0.5, 0.6) is 0 Å². The highest BCUT2D eigenvalue weighted by molar-refractivity contribution is 7.17. The molecule has 0 aliphatic carbocycles. The molecule has 2 N–H and O–H groups in total. The zero-order chi connectivity index (χ0) is 13.7. The van der Waals surface area contributed by atoms with Crippen LogP contribution < -0.4 is 10.6 Å². The van der Waals surface area contributed by atoms with E-state index in [0.29, 0.717) is 28.8 Å². The Bertz CT molecular complexity index is 551. The summed E-state index contributed by atoms with van der Waals surface area (Å²) in [6.07, 6.45) is 4.91. The summed E-state index contributed by atoms with van der Waals surface area (Å²) >= 11 is 1.30. The number of amides is 1. The van der Waals surface area contributed by atoms with Crippen LogP contribution in [0.2, 0.25) is 0 Å². The van der Waals surface area contributed by atoms with Crippen molar-refractivity contribution in [1.82, 2.24) is 14.8 Å². The molecule has 19 heavy (non-hydrogen) atoms. The molecule has 0 aliphatic heterocycles. The van der Waals surface area contributed by atoms with E-state index in [2.05, 4.69) is 20.7 Å². The van der Waals surface area contributed by atoms with Crippen molar-refractivity contribution in [3.63, 3.8) is 0 Å². The van der Waals surface area contributed by atoms with Crippen LogP contribution in [0.25, 0.3) is 0 Å². The molecule has 0 fully saturated rings. The van der Waals surface area contributed by atoms with Crippen molar-refractivity contribution in [2.45, 2.75) is 6.54 Å². The smallest absolute Gasteiger partial charge is 0.267 e. The van der Waals surface area contributed by atoms with E-state index in [1.165, 1.54) is 11.3 Å². The lowest BCUT2D eigenvalue weighted by molar-refractivity contribution is 0.103. The van der Waals surface area contributed by atoms with Crippen LogP contribution in [-0.4, -0.2) is 41.4 Å². The minimum atomic E-state index is -0.190. The van der Waals surface area contributed by atoms with Crippen molar-refractivity contribution in [2.24, 2.45) is 0 Å². The summed E-state index contributed by atoms with van der Waals surface area (Å²) in [6.45, 7) is 1.23. The number of ether oxygens (including phenoxy) is 1. The quantitative estimate of drug-likeness (QED) is 0.833. The van der Waals surface area contributed by atoms with Crippen LogP contribution in [-0.2, 0) is 11.3 Å². The summed E-state index contributed by atoms with van der Waals surface area (Å²) < 4.78 is 6.67. The van der Waals surface area contributed by atoms with E-state index in [1.54, 1.807) is 37.4 Å². The lowest BCUT2D eigenvalue weighted by atomic mass is 10.4. The number of carbonyl (C=O) groups excluding carboxylic acids is 1. The van der Waals surface area contributed by atoms with E-state index in [0.717, 1.165) is 0 Å². The van der Waals surface area contributed by atoms with Crippen molar-refractivity contribution in [3.05, 3.63) is 23.5 Å². The Kier molecular flexibility index (Phi) is 4.48. The molecule has 0 radical (unpaired) electrons. The highest BCUT2D eigenvalue weighted by atomic mass is 32.1. The van der Waals surface area contributed by atoms with Gasteiger partial charge in [-0.3, -0.25) is 9.48 Å². The Balaban J connectivity index is 1.96. The lowest BCUT2D eigenvalue weighted by Crippen LogP contribution is -2.09. The minimum Gasteiger partial charge on any atom is -0.383 e. The van der Waals surface area contributed by atoms with Crippen LogP contribution in [0.4, 0.5) is 10.8 Å². The van der Waals surface area contributed by atoms with Gasteiger partial charge in [-0.1, -0.05) is 11.3 Å². The Morgan fingerprint density at radius 2 is 2.37 bits per heavy atom. The van der Waals surface area contributed by atoms with Crippen LogP contribution in [0, 0.1) is 0 Å². The molecule has 0 spiro atoms. The molecule has 0 saturated carbocycles. The number of hydrogen-bond acceptors (Lipinski definition) is 6. The lowest BCUT2D eigenvalue weighted by Gasteiger charge is -1.99. The van der Waals surface area contributed by atoms with Crippen LogP contribution in [0.15, 0.2) is 18.6 Å². The molecule has 0 bridgehead atoms. The number of nitrogens with one attached hydrogen (secondary N) is 2.